The Hall–Kier alpha value is -0.980. The Morgan fingerprint density at radius 1 is 0.789 bits per heavy atom. The fraction of sp³-hybridized carbons (Fsp3) is 0.667. The van der Waals surface area contributed by atoms with Crippen molar-refractivity contribution in [2.24, 2.45) is 5.41 Å². The summed E-state index contributed by atoms with van der Waals surface area (Å²) in [6.45, 7) is 4.70. The minimum absolute atomic E-state index is 0.706. The number of nitrogens with zero attached hydrogens (tertiary/aromatic N) is 1. The van der Waals surface area contributed by atoms with Gasteiger partial charge in [0.25, 0.3) is 0 Å². The second kappa shape index (κ2) is 5.56. The molecule has 0 atom stereocenters. The Kier molecular flexibility index (Phi) is 3.81. The van der Waals surface area contributed by atoms with Crippen LogP contribution in [0.25, 0.3) is 0 Å². The van der Waals surface area contributed by atoms with Crippen LogP contribution in [0.3, 0.4) is 0 Å². The highest BCUT2D eigenvalue weighted by Gasteiger charge is 2.34. The van der Waals surface area contributed by atoms with Crippen LogP contribution in [0, 0.1) is 12.3 Å². The first-order valence-corrected chi connectivity index (χ1v) is 8.09. The van der Waals surface area contributed by atoms with Crippen LogP contribution in [-0.2, 0) is 0 Å². The van der Waals surface area contributed by atoms with E-state index >= 15 is 0 Å². The molecular weight excluding hydrogens is 230 g/mol. The predicted octanol–water partition coefficient (Wildman–Crippen LogP) is 4.94. The quantitative estimate of drug-likeness (QED) is 0.689. The lowest BCUT2D eigenvalue weighted by molar-refractivity contribution is 0.185. The molecule has 104 valence electrons. The molecule has 3 rings (SSSR count). The Morgan fingerprint density at radius 3 is 1.95 bits per heavy atom. The minimum atomic E-state index is 0.706. The van der Waals surface area contributed by atoms with Gasteiger partial charge in [-0.25, -0.2) is 0 Å². The van der Waals surface area contributed by atoms with Gasteiger partial charge >= 0.3 is 0 Å². The van der Waals surface area contributed by atoms with Crippen LogP contribution >= 0.6 is 0 Å². The van der Waals surface area contributed by atoms with E-state index in [0.29, 0.717) is 5.41 Å². The number of piperidine rings is 1. The van der Waals surface area contributed by atoms with Crippen molar-refractivity contribution in [3.63, 3.8) is 0 Å². The summed E-state index contributed by atoms with van der Waals surface area (Å²) in [6.07, 6.45) is 11.7. The molecule has 1 heterocycles. The molecule has 2 fully saturated rings. The van der Waals surface area contributed by atoms with Crippen molar-refractivity contribution < 1.29 is 0 Å². The molecule has 1 aliphatic heterocycles. The number of benzene rings is 1. The summed E-state index contributed by atoms with van der Waals surface area (Å²) in [7, 11) is 0. The molecule has 1 aromatic rings. The van der Waals surface area contributed by atoms with E-state index in [1.807, 2.05) is 0 Å². The van der Waals surface area contributed by atoms with Crippen LogP contribution in [0.4, 0.5) is 5.69 Å². The van der Waals surface area contributed by atoms with E-state index in [4.69, 9.17) is 0 Å². The molecule has 0 bridgehead atoms. The number of hydrogen-bond donors (Lipinski definition) is 0. The summed E-state index contributed by atoms with van der Waals surface area (Å²) in [6, 6.07) is 9.07. The maximum Gasteiger partial charge on any atom is 0.0366 e. The zero-order valence-corrected chi connectivity index (χ0v) is 12.3. The number of hydrogen-bond acceptors (Lipinski definition) is 1. The topological polar surface area (TPSA) is 3.24 Å². The molecule has 1 spiro atoms. The second-order valence-electron chi connectivity index (χ2n) is 6.74. The molecule has 1 saturated heterocycles. The van der Waals surface area contributed by atoms with Crippen molar-refractivity contribution in [2.45, 2.75) is 58.3 Å². The van der Waals surface area contributed by atoms with Gasteiger partial charge in [-0.2, -0.15) is 0 Å². The SMILES string of the molecule is Cc1ccc(N2CCC3(CCCCCC3)CC2)cc1. The molecule has 2 aliphatic rings. The lowest BCUT2D eigenvalue weighted by atomic mass is 9.72. The summed E-state index contributed by atoms with van der Waals surface area (Å²) in [5.74, 6) is 0. The highest BCUT2D eigenvalue weighted by atomic mass is 15.1. The van der Waals surface area contributed by atoms with Gasteiger partial charge in [-0.15, -0.1) is 0 Å². The highest BCUT2D eigenvalue weighted by molar-refractivity contribution is 5.47. The Bertz CT molecular complexity index is 388. The van der Waals surface area contributed by atoms with Gasteiger partial charge < -0.3 is 4.90 Å². The fourth-order valence-corrected chi connectivity index (χ4v) is 3.97. The van der Waals surface area contributed by atoms with Crippen molar-refractivity contribution in [1.29, 1.82) is 0 Å². The third-order valence-electron chi connectivity index (χ3n) is 5.39. The van der Waals surface area contributed by atoms with E-state index in [9.17, 15) is 0 Å². The van der Waals surface area contributed by atoms with Crippen molar-refractivity contribution in [2.75, 3.05) is 18.0 Å². The first-order chi connectivity index (χ1) is 9.27. The van der Waals surface area contributed by atoms with E-state index in [1.165, 1.54) is 75.7 Å². The molecule has 1 aromatic carbocycles. The first-order valence-electron chi connectivity index (χ1n) is 8.09. The van der Waals surface area contributed by atoms with Crippen molar-refractivity contribution in [3.05, 3.63) is 29.8 Å². The van der Waals surface area contributed by atoms with Gasteiger partial charge in [0.05, 0.1) is 0 Å². The maximum absolute atomic E-state index is 2.59. The zero-order valence-electron chi connectivity index (χ0n) is 12.3. The van der Waals surface area contributed by atoms with Crippen LogP contribution < -0.4 is 4.90 Å². The normalized spacial score (nSPS) is 23.3. The van der Waals surface area contributed by atoms with Crippen LogP contribution in [-0.4, -0.2) is 13.1 Å². The summed E-state index contributed by atoms with van der Waals surface area (Å²) in [5, 5.41) is 0. The summed E-state index contributed by atoms with van der Waals surface area (Å²) >= 11 is 0. The Morgan fingerprint density at radius 2 is 1.37 bits per heavy atom. The number of anilines is 1. The summed E-state index contributed by atoms with van der Waals surface area (Å²) in [5.41, 5.74) is 3.49. The van der Waals surface area contributed by atoms with E-state index in [2.05, 4.69) is 36.1 Å². The number of aryl methyl sites for hydroxylation is 1. The van der Waals surface area contributed by atoms with Gasteiger partial charge in [0.2, 0.25) is 0 Å². The maximum atomic E-state index is 2.59. The van der Waals surface area contributed by atoms with Gasteiger partial charge in [0.1, 0.15) is 0 Å². The van der Waals surface area contributed by atoms with Crippen LogP contribution in [0.2, 0.25) is 0 Å². The third kappa shape index (κ3) is 2.96. The van der Waals surface area contributed by atoms with Gasteiger partial charge in [-0.3, -0.25) is 0 Å². The molecule has 0 aromatic heterocycles. The monoisotopic (exact) mass is 257 g/mol. The molecule has 0 radical (unpaired) electrons. The average molecular weight is 257 g/mol. The Balaban J connectivity index is 1.63. The minimum Gasteiger partial charge on any atom is -0.371 e. The van der Waals surface area contributed by atoms with E-state index in [1.54, 1.807) is 0 Å². The lowest BCUT2D eigenvalue weighted by Crippen LogP contribution is -2.40. The molecule has 1 saturated carbocycles. The average Bonchev–Trinajstić information content (AvgIpc) is 2.67. The van der Waals surface area contributed by atoms with E-state index in [-0.39, 0.29) is 0 Å². The van der Waals surface area contributed by atoms with Crippen LogP contribution in [0.15, 0.2) is 24.3 Å². The summed E-state index contributed by atoms with van der Waals surface area (Å²) < 4.78 is 0. The predicted molar refractivity (Wildman–Crippen MR) is 82.8 cm³/mol. The van der Waals surface area contributed by atoms with Crippen molar-refractivity contribution >= 4 is 5.69 Å². The Labute approximate surface area is 118 Å². The standard InChI is InChI=1S/C18H27N/c1-16-6-8-17(9-7-16)19-14-12-18(13-15-19)10-4-2-3-5-11-18/h6-9H,2-5,10-15H2,1H3. The molecule has 1 heteroatoms. The third-order valence-corrected chi connectivity index (χ3v) is 5.39. The smallest absolute Gasteiger partial charge is 0.0366 e. The van der Waals surface area contributed by atoms with Gasteiger partial charge in [0, 0.05) is 18.8 Å². The molecule has 1 nitrogen and oxygen atoms in total. The van der Waals surface area contributed by atoms with Crippen molar-refractivity contribution in [1.82, 2.24) is 0 Å². The van der Waals surface area contributed by atoms with Crippen molar-refractivity contribution in [3.8, 4) is 0 Å². The van der Waals surface area contributed by atoms with Gasteiger partial charge in [-0.1, -0.05) is 43.4 Å². The second-order valence-corrected chi connectivity index (χ2v) is 6.74. The molecular formula is C18H27N. The largest absolute Gasteiger partial charge is 0.371 e. The molecule has 19 heavy (non-hydrogen) atoms. The molecule has 0 amide bonds. The molecule has 1 aliphatic carbocycles. The van der Waals surface area contributed by atoms with Crippen LogP contribution in [0.5, 0.6) is 0 Å². The molecule has 0 N–H and O–H groups in total. The van der Waals surface area contributed by atoms with E-state index < -0.39 is 0 Å². The van der Waals surface area contributed by atoms with E-state index in [0.717, 1.165) is 0 Å². The van der Waals surface area contributed by atoms with Crippen LogP contribution in [0.1, 0.15) is 56.9 Å². The highest BCUT2D eigenvalue weighted by Crippen LogP contribution is 2.44. The molecule has 0 unspecified atom stereocenters. The fourth-order valence-electron chi connectivity index (χ4n) is 3.97. The van der Waals surface area contributed by atoms with Gasteiger partial charge in [0.15, 0.2) is 0 Å². The first kappa shape index (κ1) is 13.0. The number of rotatable bonds is 1. The van der Waals surface area contributed by atoms with Gasteiger partial charge in [-0.05, 0) is 50.2 Å². The summed E-state index contributed by atoms with van der Waals surface area (Å²) in [4.78, 5) is 2.59. The lowest BCUT2D eigenvalue weighted by Gasteiger charge is -2.42. The zero-order chi connectivity index (χ0) is 13.1.